The molecule has 0 unspecified atom stereocenters. The summed E-state index contributed by atoms with van der Waals surface area (Å²) < 4.78 is 37.3. The highest BCUT2D eigenvalue weighted by Crippen LogP contribution is 2.29. The second kappa shape index (κ2) is 11.2. The Bertz CT molecular complexity index is 1080. The molecule has 0 aromatic heterocycles. The third-order valence-corrected chi connectivity index (χ3v) is 7.35. The monoisotopic (exact) mass is 475 g/mol. The number of nitrogens with one attached hydrogen (secondary N) is 2. The SMILES string of the molecule is COc1ccc(NC(=O)C(=O)NCCc2ccc(S(=O)(=O)N3CCCCC3)cc2)c(OC)c1. The predicted molar refractivity (Wildman–Crippen MR) is 124 cm³/mol. The number of piperidine rings is 1. The number of benzene rings is 2. The third-order valence-electron chi connectivity index (χ3n) is 5.44. The third kappa shape index (κ3) is 6.23. The van der Waals surface area contributed by atoms with Crippen molar-refractivity contribution in [2.45, 2.75) is 30.6 Å². The summed E-state index contributed by atoms with van der Waals surface area (Å²) in [7, 11) is -0.504. The number of nitrogens with zero attached hydrogens (tertiary/aromatic N) is 1. The summed E-state index contributed by atoms with van der Waals surface area (Å²) in [6.45, 7) is 1.34. The van der Waals surface area contributed by atoms with Crippen molar-refractivity contribution in [2.75, 3.05) is 39.2 Å². The van der Waals surface area contributed by atoms with Crippen LogP contribution in [0.4, 0.5) is 5.69 Å². The average Bonchev–Trinajstić information content (AvgIpc) is 2.85. The number of anilines is 1. The highest BCUT2D eigenvalue weighted by Gasteiger charge is 2.25. The summed E-state index contributed by atoms with van der Waals surface area (Å²) in [5, 5.41) is 5.08. The molecular weight excluding hydrogens is 446 g/mol. The number of amides is 2. The number of rotatable bonds is 8. The van der Waals surface area contributed by atoms with Crippen molar-refractivity contribution in [1.82, 2.24) is 9.62 Å². The van der Waals surface area contributed by atoms with Crippen LogP contribution in [0.2, 0.25) is 0 Å². The highest BCUT2D eigenvalue weighted by molar-refractivity contribution is 7.89. The van der Waals surface area contributed by atoms with Crippen LogP contribution in [0.25, 0.3) is 0 Å². The molecule has 3 rings (SSSR count). The maximum absolute atomic E-state index is 12.7. The van der Waals surface area contributed by atoms with Crippen molar-refractivity contribution in [3.63, 3.8) is 0 Å². The standard InChI is InChI=1S/C23H29N3O6S/c1-31-18-8-11-20(21(16-18)32-2)25-23(28)22(27)24-13-12-17-6-9-19(10-7-17)33(29,30)26-14-4-3-5-15-26/h6-11,16H,3-5,12-15H2,1-2H3,(H,24,27)(H,25,28). The molecule has 2 aromatic carbocycles. The lowest BCUT2D eigenvalue weighted by Gasteiger charge is -2.25. The molecule has 1 aliphatic heterocycles. The Morgan fingerprint density at radius 3 is 2.27 bits per heavy atom. The van der Waals surface area contributed by atoms with Crippen LogP contribution in [-0.4, -0.2) is 58.4 Å². The number of hydrogen-bond donors (Lipinski definition) is 2. The minimum atomic E-state index is -3.47. The normalized spacial score (nSPS) is 14.4. The maximum atomic E-state index is 12.7. The van der Waals surface area contributed by atoms with Gasteiger partial charge in [0.1, 0.15) is 11.5 Å². The van der Waals surface area contributed by atoms with Gasteiger partial charge in [-0.2, -0.15) is 4.31 Å². The fourth-order valence-electron chi connectivity index (χ4n) is 3.56. The van der Waals surface area contributed by atoms with E-state index in [1.165, 1.54) is 18.5 Å². The van der Waals surface area contributed by atoms with E-state index in [0.717, 1.165) is 24.8 Å². The van der Waals surface area contributed by atoms with Gasteiger partial charge in [0.25, 0.3) is 0 Å². The minimum Gasteiger partial charge on any atom is -0.497 e. The van der Waals surface area contributed by atoms with Gasteiger partial charge in [0, 0.05) is 25.7 Å². The fourth-order valence-corrected chi connectivity index (χ4v) is 5.08. The van der Waals surface area contributed by atoms with Gasteiger partial charge in [-0.15, -0.1) is 0 Å². The van der Waals surface area contributed by atoms with E-state index >= 15 is 0 Å². The van der Waals surface area contributed by atoms with Gasteiger partial charge in [0.05, 0.1) is 24.8 Å². The lowest BCUT2D eigenvalue weighted by molar-refractivity contribution is -0.136. The first-order valence-corrected chi connectivity index (χ1v) is 12.2. The molecule has 0 radical (unpaired) electrons. The van der Waals surface area contributed by atoms with Crippen molar-refractivity contribution in [3.05, 3.63) is 48.0 Å². The Labute approximate surface area is 194 Å². The molecule has 9 nitrogen and oxygen atoms in total. The molecule has 0 atom stereocenters. The molecule has 0 aliphatic carbocycles. The Hall–Kier alpha value is -3.11. The maximum Gasteiger partial charge on any atom is 0.313 e. The predicted octanol–water partition coefficient (Wildman–Crippen LogP) is 2.18. The van der Waals surface area contributed by atoms with Crippen LogP contribution in [0.15, 0.2) is 47.4 Å². The summed E-state index contributed by atoms with van der Waals surface area (Å²) >= 11 is 0. The second-order valence-electron chi connectivity index (χ2n) is 7.63. The molecule has 10 heteroatoms. The van der Waals surface area contributed by atoms with Crippen LogP contribution in [0.3, 0.4) is 0 Å². The molecule has 2 aromatic rings. The Morgan fingerprint density at radius 1 is 0.939 bits per heavy atom. The summed E-state index contributed by atoms with van der Waals surface area (Å²) in [6, 6.07) is 11.5. The minimum absolute atomic E-state index is 0.226. The zero-order valence-corrected chi connectivity index (χ0v) is 19.6. The second-order valence-corrected chi connectivity index (χ2v) is 9.57. The van der Waals surface area contributed by atoms with Crippen LogP contribution < -0.4 is 20.1 Å². The average molecular weight is 476 g/mol. The number of sulfonamides is 1. The van der Waals surface area contributed by atoms with Crippen molar-refractivity contribution < 1.29 is 27.5 Å². The molecular formula is C23H29N3O6S. The Morgan fingerprint density at radius 2 is 1.64 bits per heavy atom. The van der Waals surface area contributed by atoms with Gasteiger partial charge in [-0.25, -0.2) is 8.42 Å². The summed E-state index contributed by atoms with van der Waals surface area (Å²) in [4.78, 5) is 24.6. The molecule has 2 amide bonds. The first-order chi connectivity index (χ1) is 15.8. The van der Waals surface area contributed by atoms with Gasteiger partial charge >= 0.3 is 11.8 Å². The van der Waals surface area contributed by atoms with Crippen LogP contribution in [0.1, 0.15) is 24.8 Å². The lowest BCUT2D eigenvalue weighted by atomic mass is 10.1. The fraction of sp³-hybridized carbons (Fsp3) is 0.391. The number of carbonyl (C=O) groups is 2. The van der Waals surface area contributed by atoms with Gasteiger partial charge in [0.2, 0.25) is 10.0 Å². The molecule has 1 saturated heterocycles. The van der Waals surface area contributed by atoms with Crippen LogP contribution in [0, 0.1) is 0 Å². The van der Waals surface area contributed by atoms with Crippen molar-refractivity contribution in [2.24, 2.45) is 0 Å². The molecule has 1 fully saturated rings. The van der Waals surface area contributed by atoms with Crippen LogP contribution in [-0.2, 0) is 26.0 Å². The van der Waals surface area contributed by atoms with E-state index in [0.29, 0.717) is 36.7 Å². The van der Waals surface area contributed by atoms with Crippen LogP contribution in [0.5, 0.6) is 11.5 Å². The lowest BCUT2D eigenvalue weighted by Crippen LogP contribution is -2.36. The molecule has 0 bridgehead atoms. The van der Waals surface area contributed by atoms with E-state index in [4.69, 9.17) is 9.47 Å². The molecule has 33 heavy (non-hydrogen) atoms. The molecule has 1 heterocycles. The molecule has 0 saturated carbocycles. The van der Waals surface area contributed by atoms with Crippen LogP contribution >= 0.6 is 0 Å². The van der Waals surface area contributed by atoms with E-state index in [1.54, 1.807) is 42.5 Å². The molecule has 1 aliphatic rings. The molecule has 178 valence electrons. The summed E-state index contributed by atoms with van der Waals surface area (Å²) in [6.07, 6.45) is 3.28. The molecule has 2 N–H and O–H groups in total. The number of carbonyl (C=O) groups excluding carboxylic acids is 2. The summed E-state index contributed by atoms with van der Waals surface area (Å²) in [5.41, 5.74) is 1.20. The van der Waals surface area contributed by atoms with Gasteiger partial charge in [-0.1, -0.05) is 18.6 Å². The zero-order valence-electron chi connectivity index (χ0n) is 18.8. The van der Waals surface area contributed by atoms with Gasteiger partial charge in [-0.3, -0.25) is 9.59 Å². The quantitative estimate of drug-likeness (QED) is 0.566. The number of methoxy groups -OCH3 is 2. The van der Waals surface area contributed by atoms with E-state index in [-0.39, 0.29) is 11.4 Å². The summed E-state index contributed by atoms with van der Waals surface area (Å²) in [5.74, 6) is -0.669. The molecule has 0 spiro atoms. The van der Waals surface area contributed by atoms with Crippen molar-refractivity contribution >= 4 is 27.5 Å². The number of hydrogen-bond acceptors (Lipinski definition) is 6. The van der Waals surface area contributed by atoms with Crippen molar-refractivity contribution in [3.8, 4) is 11.5 Å². The smallest absolute Gasteiger partial charge is 0.313 e. The largest absolute Gasteiger partial charge is 0.497 e. The van der Waals surface area contributed by atoms with Gasteiger partial charge in [-0.05, 0) is 49.1 Å². The first-order valence-electron chi connectivity index (χ1n) is 10.8. The van der Waals surface area contributed by atoms with Gasteiger partial charge in [0.15, 0.2) is 0 Å². The van der Waals surface area contributed by atoms with E-state index in [2.05, 4.69) is 10.6 Å². The zero-order chi connectivity index (χ0) is 23.8. The highest BCUT2D eigenvalue weighted by atomic mass is 32.2. The number of ether oxygens (including phenoxy) is 2. The Balaban J connectivity index is 1.50. The van der Waals surface area contributed by atoms with E-state index in [1.807, 2.05) is 0 Å². The first kappa shape index (κ1) is 24.5. The van der Waals surface area contributed by atoms with E-state index < -0.39 is 21.8 Å². The van der Waals surface area contributed by atoms with E-state index in [9.17, 15) is 18.0 Å². The topological polar surface area (TPSA) is 114 Å². The van der Waals surface area contributed by atoms with Crippen molar-refractivity contribution in [1.29, 1.82) is 0 Å². The Kier molecular flexibility index (Phi) is 8.29. The van der Waals surface area contributed by atoms with Gasteiger partial charge < -0.3 is 20.1 Å².